The average Bonchev–Trinajstić information content (AvgIpc) is 2.46. The van der Waals surface area contributed by atoms with E-state index in [0.717, 1.165) is 5.56 Å². The Labute approximate surface area is 117 Å². The third kappa shape index (κ3) is 4.06. The summed E-state index contributed by atoms with van der Waals surface area (Å²) in [5.41, 5.74) is 1.11. The van der Waals surface area contributed by atoms with E-state index in [2.05, 4.69) is 10.1 Å². The lowest BCUT2D eigenvalue weighted by Crippen LogP contribution is -2.42. The SMILES string of the molecule is COC(=O)C=C[C@H]1COC[C@@H](c2ccc(Cl)cc2)N1. The van der Waals surface area contributed by atoms with Crippen LogP contribution < -0.4 is 5.32 Å². The summed E-state index contributed by atoms with van der Waals surface area (Å²) >= 11 is 5.87. The Kier molecular flexibility index (Phi) is 4.96. The summed E-state index contributed by atoms with van der Waals surface area (Å²) in [6.07, 6.45) is 3.17. The van der Waals surface area contributed by atoms with Crippen molar-refractivity contribution in [1.29, 1.82) is 0 Å². The van der Waals surface area contributed by atoms with Gasteiger partial charge in [0.2, 0.25) is 0 Å². The van der Waals surface area contributed by atoms with Gasteiger partial charge in [0.25, 0.3) is 0 Å². The number of nitrogens with one attached hydrogen (secondary N) is 1. The normalized spacial score (nSPS) is 23.5. The molecule has 1 heterocycles. The second-order valence-corrected chi connectivity index (χ2v) is 4.73. The maximum Gasteiger partial charge on any atom is 0.330 e. The number of hydrogen-bond acceptors (Lipinski definition) is 4. The van der Waals surface area contributed by atoms with Crippen molar-refractivity contribution in [2.75, 3.05) is 20.3 Å². The Morgan fingerprint density at radius 2 is 2.16 bits per heavy atom. The Hall–Kier alpha value is -1.36. The second kappa shape index (κ2) is 6.70. The van der Waals surface area contributed by atoms with Gasteiger partial charge in [-0.25, -0.2) is 4.79 Å². The zero-order valence-corrected chi connectivity index (χ0v) is 11.4. The van der Waals surface area contributed by atoms with Crippen LogP contribution in [-0.4, -0.2) is 32.3 Å². The van der Waals surface area contributed by atoms with Crippen LogP contribution in [0.5, 0.6) is 0 Å². The highest BCUT2D eigenvalue weighted by atomic mass is 35.5. The first kappa shape index (κ1) is 14.1. The van der Waals surface area contributed by atoms with Crippen LogP contribution >= 0.6 is 11.6 Å². The highest BCUT2D eigenvalue weighted by Gasteiger charge is 2.21. The molecule has 4 nitrogen and oxygen atoms in total. The van der Waals surface area contributed by atoms with Gasteiger partial charge in [-0.2, -0.15) is 0 Å². The van der Waals surface area contributed by atoms with Crippen LogP contribution in [0, 0.1) is 0 Å². The highest BCUT2D eigenvalue weighted by Crippen LogP contribution is 2.20. The lowest BCUT2D eigenvalue weighted by atomic mass is 10.1. The van der Waals surface area contributed by atoms with E-state index in [9.17, 15) is 4.79 Å². The van der Waals surface area contributed by atoms with Gasteiger partial charge in [0.05, 0.1) is 26.4 Å². The summed E-state index contributed by atoms with van der Waals surface area (Å²) in [6, 6.07) is 7.73. The molecule has 0 aromatic heterocycles. The molecule has 1 saturated heterocycles. The number of halogens is 1. The summed E-state index contributed by atoms with van der Waals surface area (Å²) in [7, 11) is 1.36. The molecule has 2 atom stereocenters. The van der Waals surface area contributed by atoms with Crippen LogP contribution in [0.2, 0.25) is 5.02 Å². The van der Waals surface area contributed by atoms with Crippen LogP contribution in [0.15, 0.2) is 36.4 Å². The minimum absolute atomic E-state index is 0.00599. The third-order valence-electron chi connectivity index (χ3n) is 2.94. The van der Waals surface area contributed by atoms with Gasteiger partial charge >= 0.3 is 5.97 Å². The minimum Gasteiger partial charge on any atom is -0.466 e. The number of esters is 1. The second-order valence-electron chi connectivity index (χ2n) is 4.30. The first-order valence-electron chi connectivity index (χ1n) is 6.04. The van der Waals surface area contributed by atoms with Crippen molar-refractivity contribution in [3.8, 4) is 0 Å². The van der Waals surface area contributed by atoms with Gasteiger partial charge < -0.3 is 9.47 Å². The topological polar surface area (TPSA) is 47.6 Å². The number of carbonyl (C=O) groups is 1. The van der Waals surface area contributed by atoms with Crippen molar-refractivity contribution < 1.29 is 14.3 Å². The number of benzene rings is 1. The predicted molar refractivity (Wildman–Crippen MR) is 73.1 cm³/mol. The first-order valence-corrected chi connectivity index (χ1v) is 6.42. The summed E-state index contributed by atoms with van der Waals surface area (Å²) in [6.45, 7) is 1.14. The van der Waals surface area contributed by atoms with E-state index in [4.69, 9.17) is 16.3 Å². The molecule has 1 aliphatic heterocycles. The summed E-state index contributed by atoms with van der Waals surface area (Å²) in [5.74, 6) is -0.365. The van der Waals surface area contributed by atoms with E-state index in [-0.39, 0.29) is 18.1 Å². The number of rotatable bonds is 3. The van der Waals surface area contributed by atoms with Crippen molar-refractivity contribution in [3.63, 3.8) is 0 Å². The van der Waals surface area contributed by atoms with E-state index in [1.807, 2.05) is 24.3 Å². The summed E-state index contributed by atoms with van der Waals surface area (Å²) in [5, 5.41) is 4.12. The quantitative estimate of drug-likeness (QED) is 0.681. The zero-order chi connectivity index (χ0) is 13.7. The first-order chi connectivity index (χ1) is 9.19. The summed E-state index contributed by atoms with van der Waals surface area (Å²) < 4.78 is 10.1. The third-order valence-corrected chi connectivity index (χ3v) is 3.19. The minimum atomic E-state index is -0.365. The fourth-order valence-electron chi connectivity index (χ4n) is 1.93. The molecular formula is C14H16ClNO3. The monoisotopic (exact) mass is 281 g/mol. The van der Waals surface area contributed by atoms with E-state index in [1.165, 1.54) is 13.2 Å². The zero-order valence-electron chi connectivity index (χ0n) is 10.6. The highest BCUT2D eigenvalue weighted by molar-refractivity contribution is 6.30. The Morgan fingerprint density at radius 1 is 1.42 bits per heavy atom. The lowest BCUT2D eigenvalue weighted by Gasteiger charge is -2.29. The molecule has 19 heavy (non-hydrogen) atoms. The molecule has 1 fully saturated rings. The molecule has 102 valence electrons. The average molecular weight is 282 g/mol. The van der Waals surface area contributed by atoms with Crippen LogP contribution in [0.1, 0.15) is 11.6 Å². The Morgan fingerprint density at radius 3 is 2.84 bits per heavy atom. The van der Waals surface area contributed by atoms with Crippen molar-refractivity contribution in [2.45, 2.75) is 12.1 Å². The fourth-order valence-corrected chi connectivity index (χ4v) is 2.05. The molecular weight excluding hydrogens is 266 g/mol. The Balaban J connectivity index is 1.99. The molecule has 1 N–H and O–H groups in total. The maximum atomic E-state index is 11.1. The summed E-state index contributed by atoms with van der Waals surface area (Å²) in [4.78, 5) is 11.1. The van der Waals surface area contributed by atoms with Gasteiger partial charge in [0, 0.05) is 17.1 Å². The molecule has 1 aromatic carbocycles. The van der Waals surface area contributed by atoms with Gasteiger partial charge in [0.1, 0.15) is 0 Å². The van der Waals surface area contributed by atoms with Crippen LogP contribution in [0.25, 0.3) is 0 Å². The van der Waals surface area contributed by atoms with Gasteiger partial charge in [-0.05, 0) is 17.7 Å². The largest absolute Gasteiger partial charge is 0.466 e. The van der Waals surface area contributed by atoms with Gasteiger partial charge in [0.15, 0.2) is 0 Å². The molecule has 0 saturated carbocycles. The molecule has 5 heteroatoms. The number of carbonyl (C=O) groups excluding carboxylic acids is 1. The predicted octanol–water partition coefficient (Wildman–Crippen LogP) is 2.10. The van der Waals surface area contributed by atoms with Gasteiger partial charge in [-0.15, -0.1) is 0 Å². The molecule has 0 spiro atoms. The van der Waals surface area contributed by atoms with Crippen LogP contribution in [0.4, 0.5) is 0 Å². The van der Waals surface area contributed by atoms with E-state index in [1.54, 1.807) is 6.08 Å². The van der Waals surface area contributed by atoms with E-state index in [0.29, 0.717) is 18.2 Å². The number of hydrogen-bond donors (Lipinski definition) is 1. The standard InChI is InChI=1S/C14H16ClNO3/c1-18-14(17)7-6-12-8-19-9-13(16-12)10-2-4-11(15)5-3-10/h2-7,12-13,16H,8-9H2,1H3/t12-,13-/m0/s1. The van der Waals surface area contributed by atoms with Crippen LogP contribution in [-0.2, 0) is 14.3 Å². The van der Waals surface area contributed by atoms with Crippen molar-refractivity contribution in [3.05, 3.63) is 47.0 Å². The van der Waals surface area contributed by atoms with Crippen molar-refractivity contribution in [1.82, 2.24) is 5.32 Å². The van der Waals surface area contributed by atoms with Crippen molar-refractivity contribution in [2.24, 2.45) is 0 Å². The van der Waals surface area contributed by atoms with E-state index >= 15 is 0 Å². The van der Waals surface area contributed by atoms with Crippen LogP contribution in [0.3, 0.4) is 0 Å². The molecule has 0 unspecified atom stereocenters. The maximum absolute atomic E-state index is 11.1. The Bertz CT molecular complexity index is 458. The van der Waals surface area contributed by atoms with Gasteiger partial charge in [-0.3, -0.25) is 5.32 Å². The molecule has 0 amide bonds. The number of morpholine rings is 1. The van der Waals surface area contributed by atoms with Gasteiger partial charge in [-0.1, -0.05) is 29.8 Å². The molecule has 0 aliphatic carbocycles. The molecule has 1 aromatic rings. The molecule has 0 bridgehead atoms. The lowest BCUT2D eigenvalue weighted by molar-refractivity contribution is -0.134. The number of ether oxygens (including phenoxy) is 2. The molecule has 0 radical (unpaired) electrons. The van der Waals surface area contributed by atoms with E-state index < -0.39 is 0 Å². The molecule has 1 aliphatic rings. The smallest absolute Gasteiger partial charge is 0.330 e. The van der Waals surface area contributed by atoms with Crippen molar-refractivity contribution >= 4 is 17.6 Å². The molecule has 2 rings (SSSR count). The fraction of sp³-hybridized carbons (Fsp3) is 0.357. The number of methoxy groups -OCH3 is 1.